The van der Waals surface area contributed by atoms with Gasteiger partial charge in [0.1, 0.15) is 0 Å². The monoisotopic (exact) mass is 279 g/mol. The van der Waals surface area contributed by atoms with E-state index in [1.54, 1.807) is 0 Å². The van der Waals surface area contributed by atoms with E-state index in [9.17, 15) is 0 Å². The first-order valence-electron chi connectivity index (χ1n) is 9.08. The Balaban J connectivity index is 1.50. The minimum atomic E-state index is 0.790. The fourth-order valence-electron chi connectivity index (χ4n) is 4.54. The molecule has 3 atom stereocenters. The van der Waals surface area contributed by atoms with E-state index < -0.39 is 0 Å². The number of nitrogens with zero attached hydrogens (tertiary/aromatic N) is 2. The molecule has 3 nitrogen and oxygen atoms in total. The number of rotatable bonds is 4. The highest BCUT2D eigenvalue weighted by Gasteiger charge is 2.33. The number of hydrogen-bond donors (Lipinski definition) is 1. The van der Waals surface area contributed by atoms with Crippen LogP contribution >= 0.6 is 0 Å². The first kappa shape index (κ1) is 14.8. The average Bonchev–Trinajstić information content (AvgIpc) is 2.53. The lowest BCUT2D eigenvalue weighted by molar-refractivity contribution is 0.0151. The van der Waals surface area contributed by atoms with Crippen LogP contribution in [0.25, 0.3) is 0 Å². The van der Waals surface area contributed by atoms with Crippen molar-refractivity contribution in [3.05, 3.63) is 0 Å². The topological polar surface area (TPSA) is 18.5 Å². The van der Waals surface area contributed by atoms with Gasteiger partial charge in [-0.3, -0.25) is 9.80 Å². The Bertz CT molecular complexity index is 294. The van der Waals surface area contributed by atoms with Crippen LogP contribution in [0.15, 0.2) is 0 Å². The summed E-state index contributed by atoms with van der Waals surface area (Å²) < 4.78 is 0. The lowest BCUT2D eigenvalue weighted by Gasteiger charge is -2.48. The minimum absolute atomic E-state index is 0.790. The molecule has 2 heterocycles. The third-order valence-electron chi connectivity index (χ3n) is 5.71. The lowest BCUT2D eigenvalue weighted by Crippen LogP contribution is -2.58. The van der Waals surface area contributed by atoms with Gasteiger partial charge in [0.25, 0.3) is 0 Å². The number of nitrogens with one attached hydrogen (secondary N) is 1. The normalized spacial score (nSPS) is 36.8. The van der Waals surface area contributed by atoms with Crippen molar-refractivity contribution < 1.29 is 0 Å². The van der Waals surface area contributed by atoms with Crippen LogP contribution in [-0.4, -0.2) is 60.6 Å². The van der Waals surface area contributed by atoms with E-state index in [4.69, 9.17) is 0 Å². The van der Waals surface area contributed by atoms with Crippen molar-refractivity contribution in [1.29, 1.82) is 0 Å². The molecule has 0 radical (unpaired) electrons. The molecular weight excluding hydrogens is 246 g/mol. The maximum atomic E-state index is 3.76. The summed E-state index contributed by atoms with van der Waals surface area (Å²) in [6.45, 7) is 8.84. The zero-order valence-electron chi connectivity index (χ0n) is 13.3. The molecule has 116 valence electrons. The largest absolute Gasteiger partial charge is 0.314 e. The van der Waals surface area contributed by atoms with Crippen molar-refractivity contribution in [3.8, 4) is 0 Å². The Kier molecular flexibility index (Phi) is 5.36. The van der Waals surface area contributed by atoms with Crippen LogP contribution in [0.3, 0.4) is 0 Å². The summed E-state index contributed by atoms with van der Waals surface area (Å²) >= 11 is 0. The molecule has 20 heavy (non-hydrogen) atoms. The van der Waals surface area contributed by atoms with Gasteiger partial charge in [-0.2, -0.15) is 0 Å². The predicted octanol–water partition coefficient (Wildman–Crippen LogP) is 2.47. The molecule has 3 unspecified atom stereocenters. The zero-order chi connectivity index (χ0) is 13.8. The van der Waals surface area contributed by atoms with Gasteiger partial charge in [0.05, 0.1) is 0 Å². The molecule has 3 heteroatoms. The molecule has 3 aliphatic rings. The summed E-state index contributed by atoms with van der Waals surface area (Å²) in [4.78, 5) is 5.60. The van der Waals surface area contributed by atoms with E-state index in [2.05, 4.69) is 22.0 Å². The highest BCUT2D eigenvalue weighted by molar-refractivity contribution is 4.91. The molecule has 0 aromatic carbocycles. The third kappa shape index (κ3) is 3.55. The molecule has 1 saturated carbocycles. The molecule has 0 aromatic rings. The van der Waals surface area contributed by atoms with Crippen LogP contribution in [-0.2, 0) is 0 Å². The fourth-order valence-corrected chi connectivity index (χ4v) is 4.54. The second kappa shape index (κ2) is 7.24. The van der Waals surface area contributed by atoms with Gasteiger partial charge in [-0.25, -0.2) is 0 Å². The third-order valence-corrected chi connectivity index (χ3v) is 5.71. The highest BCUT2D eigenvalue weighted by atomic mass is 15.3. The molecule has 0 amide bonds. The second-order valence-electron chi connectivity index (χ2n) is 7.15. The Morgan fingerprint density at radius 2 is 1.75 bits per heavy atom. The van der Waals surface area contributed by atoms with E-state index in [1.165, 1.54) is 84.1 Å². The first-order valence-corrected chi connectivity index (χ1v) is 9.08. The van der Waals surface area contributed by atoms with Gasteiger partial charge in [0.2, 0.25) is 0 Å². The molecule has 2 aliphatic heterocycles. The first-order chi connectivity index (χ1) is 9.86. The van der Waals surface area contributed by atoms with Crippen molar-refractivity contribution in [3.63, 3.8) is 0 Å². The number of fused-ring (bicyclic) bond motifs is 1. The Morgan fingerprint density at radius 1 is 0.900 bits per heavy atom. The number of piperazine rings is 1. The number of piperidine rings is 1. The van der Waals surface area contributed by atoms with Gasteiger partial charge in [-0.15, -0.1) is 0 Å². The Morgan fingerprint density at radius 3 is 2.65 bits per heavy atom. The molecule has 0 bridgehead atoms. The average molecular weight is 279 g/mol. The summed E-state index contributed by atoms with van der Waals surface area (Å²) in [5.41, 5.74) is 0. The van der Waals surface area contributed by atoms with Crippen molar-refractivity contribution in [1.82, 2.24) is 15.1 Å². The SMILES string of the molecule is CCCNC1CCCC(N2CCN3CCCCC3C2)C1. The smallest absolute Gasteiger partial charge is 0.0223 e. The quantitative estimate of drug-likeness (QED) is 0.853. The van der Waals surface area contributed by atoms with Crippen molar-refractivity contribution in [2.24, 2.45) is 0 Å². The van der Waals surface area contributed by atoms with Crippen LogP contribution in [0, 0.1) is 0 Å². The summed E-state index contributed by atoms with van der Waals surface area (Å²) in [5.74, 6) is 0. The summed E-state index contributed by atoms with van der Waals surface area (Å²) in [6.07, 6.45) is 11.3. The summed E-state index contributed by atoms with van der Waals surface area (Å²) in [7, 11) is 0. The van der Waals surface area contributed by atoms with Gasteiger partial charge < -0.3 is 5.32 Å². The molecule has 3 rings (SSSR count). The van der Waals surface area contributed by atoms with E-state index in [-0.39, 0.29) is 0 Å². The van der Waals surface area contributed by atoms with Crippen molar-refractivity contribution in [2.75, 3.05) is 32.7 Å². The molecule has 0 aromatic heterocycles. The second-order valence-corrected chi connectivity index (χ2v) is 7.15. The summed E-state index contributed by atoms with van der Waals surface area (Å²) in [5, 5.41) is 3.76. The van der Waals surface area contributed by atoms with Gasteiger partial charge in [0.15, 0.2) is 0 Å². The van der Waals surface area contributed by atoms with Crippen molar-refractivity contribution in [2.45, 2.75) is 76.4 Å². The van der Waals surface area contributed by atoms with Gasteiger partial charge in [0, 0.05) is 37.8 Å². The van der Waals surface area contributed by atoms with E-state index in [0.29, 0.717) is 0 Å². The van der Waals surface area contributed by atoms with E-state index in [1.807, 2.05) is 0 Å². The maximum Gasteiger partial charge on any atom is 0.0223 e. The van der Waals surface area contributed by atoms with Gasteiger partial charge in [-0.05, 0) is 51.6 Å². The molecule has 2 saturated heterocycles. The van der Waals surface area contributed by atoms with Gasteiger partial charge in [-0.1, -0.05) is 19.8 Å². The van der Waals surface area contributed by atoms with Crippen LogP contribution in [0.1, 0.15) is 58.3 Å². The fraction of sp³-hybridized carbons (Fsp3) is 1.00. The molecule has 0 spiro atoms. The van der Waals surface area contributed by atoms with E-state index >= 15 is 0 Å². The Hall–Kier alpha value is -0.120. The van der Waals surface area contributed by atoms with Crippen LogP contribution in [0.2, 0.25) is 0 Å². The van der Waals surface area contributed by atoms with Crippen LogP contribution < -0.4 is 5.32 Å². The van der Waals surface area contributed by atoms with Gasteiger partial charge >= 0.3 is 0 Å². The number of hydrogen-bond acceptors (Lipinski definition) is 3. The molecule has 3 fully saturated rings. The van der Waals surface area contributed by atoms with Crippen molar-refractivity contribution >= 4 is 0 Å². The lowest BCUT2D eigenvalue weighted by atomic mass is 9.88. The van der Waals surface area contributed by atoms with Crippen LogP contribution in [0.5, 0.6) is 0 Å². The summed E-state index contributed by atoms with van der Waals surface area (Å²) in [6, 6.07) is 2.53. The minimum Gasteiger partial charge on any atom is -0.314 e. The molecule has 1 aliphatic carbocycles. The van der Waals surface area contributed by atoms with E-state index in [0.717, 1.165) is 18.1 Å². The zero-order valence-corrected chi connectivity index (χ0v) is 13.3. The Labute approximate surface area is 125 Å². The maximum absolute atomic E-state index is 3.76. The highest BCUT2D eigenvalue weighted by Crippen LogP contribution is 2.28. The van der Waals surface area contributed by atoms with Crippen LogP contribution in [0.4, 0.5) is 0 Å². The molecular formula is C17H33N3. The molecule has 1 N–H and O–H groups in total. The predicted molar refractivity (Wildman–Crippen MR) is 85.1 cm³/mol. The standard InChI is InChI=1S/C17H33N3/c1-2-9-18-15-6-5-8-16(13-15)20-12-11-19-10-4-3-7-17(19)14-20/h15-18H,2-14H2,1H3.